The highest BCUT2D eigenvalue weighted by molar-refractivity contribution is 6.32. The predicted molar refractivity (Wildman–Crippen MR) is 109 cm³/mol. The van der Waals surface area contributed by atoms with E-state index in [1.165, 1.54) is 18.2 Å². The van der Waals surface area contributed by atoms with Crippen molar-refractivity contribution < 1.29 is 14.1 Å². The molecule has 0 atom stereocenters. The van der Waals surface area contributed by atoms with Crippen molar-refractivity contribution in [1.82, 2.24) is 0 Å². The first-order valence-corrected chi connectivity index (χ1v) is 8.86. The molecule has 3 rings (SSSR count). The Labute approximate surface area is 174 Å². The second-order valence-electron chi connectivity index (χ2n) is 5.76. The van der Waals surface area contributed by atoms with Gasteiger partial charge in [0.25, 0.3) is 11.6 Å². The molecule has 0 unspecified atom stereocenters. The molecule has 0 bridgehead atoms. The molecule has 0 spiro atoms. The zero-order chi connectivity index (χ0) is 21.0. The van der Waals surface area contributed by atoms with Crippen LogP contribution in [0.25, 0.3) is 17.4 Å². The molecule has 1 amide bonds. The van der Waals surface area contributed by atoms with E-state index in [9.17, 15) is 20.2 Å². The number of anilines is 1. The predicted octanol–water partition coefficient (Wildman–Crippen LogP) is 5.71. The van der Waals surface area contributed by atoms with E-state index in [1.54, 1.807) is 42.5 Å². The maximum Gasteiger partial charge on any atom is 0.288 e. The molecule has 0 saturated heterocycles. The lowest BCUT2D eigenvalue weighted by Gasteiger charge is -2.04. The number of nitriles is 1. The number of benzene rings is 2. The van der Waals surface area contributed by atoms with Crippen LogP contribution in [0.2, 0.25) is 10.0 Å². The van der Waals surface area contributed by atoms with Crippen LogP contribution in [0.4, 0.5) is 11.4 Å². The normalized spacial score (nSPS) is 11.0. The summed E-state index contributed by atoms with van der Waals surface area (Å²) in [6.45, 7) is 0. The Morgan fingerprint density at radius 2 is 1.97 bits per heavy atom. The number of halogens is 2. The molecule has 29 heavy (non-hydrogen) atoms. The summed E-state index contributed by atoms with van der Waals surface area (Å²) in [4.78, 5) is 22.8. The number of amides is 1. The first-order valence-electron chi connectivity index (χ1n) is 8.10. The number of carbonyl (C=O) groups is 1. The van der Waals surface area contributed by atoms with Gasteiger partial charge < -0.3 is 9.73 Å². The second-order valence-corrected chi connectivity index (χ2v) is 6.60. The average molecular weight is 428 g/mol. The van der Waals surface area contributed by atoms with Crippen molar-refractivity contribution in [2.75, 3.05) is 5.32 Å². The lowest BCUT2D eigenvalue weighted by Crippen LogP contribution is -2.13. The minimum Gasteiger partial charge on any atom is -0.457 e. The number of nitro groups is 1. The number of hydrogen-bond acceptors (Lipinski definition) is 5. The van der Waals surface area contributed by atoms with Crippen LogP contribution in [0, 0.1) is 21.4 Å². The lowest BCUT2D eigenvalue weighted by molar-refractivity contribution is -0.384. The molecule has 1 heterocycles. The summed E-state index contributed by atoms with van der Waals surface area (Å²) in [5.41, 5.74) is 0.434. The first-order chi connectivity index (χ1) is 13.9. The van der Waals surface area contributed by atoms with Crippen molar-refractivity contribution in [3.8, 4) is 17.4 Å². The van der Waals surface area contributed by atoms with E-state index in [-0.39, 0.29) is 22.0 Å². The van der Waals surface area contributed by atoms with Gasteiger partial charge in [0.2, 0.25) is 0 Å². The second kappa shape index (κ2) is 8.61. The van der Waals surface area contributed by atoms with E-state index >= 15 is 0 Å². The zero-order valence-corrected chi connectivity index (χ0v) is 16.1. The first kappa shape index (κ1) is 20.1. The third-order valence-electron chi connectivity index (χ3n) is 3.79. The third-order valence-corrected chi connectivity index (χ3v) is 4.34. The van der Waals surface area contributed by atoms with Crippen LogP contribution in [0.1, 0.15) is 5.76 Å². The molecule has 9 heteroatoms. The van der Waals surface area contributed by atoms with Crippen molar-refractivity contribution in [3.05, 3.63) is 86.1 Å². The van der Waals surface area contributed by atoms with Gasteiger partial charge in [0.1, 0.15) is 28.2 Å². The number of furan rings is 1. The van der Waals surface area contributed by atoms with E-state index in [4.69, 9.17) is 27.6 Å². The summed E-state index contributed by atoms with van der Waals surface area (Å²) in [7, 11) is 0. The van der Waals surface area contributed by atoms with E-state index in [0.29, 0.717) is 22.0 Å². The standard InChI is InChI=1S/C20H11Cl2N3O4/c21-14-2-1-3-15(10-14)24-20(26)13(11-23)8-16-5-7-19(29-16)12-4-6-17(22)18(9-12)25(27)28/h1-10H,(H,24,26)/b13-8-. The fraction of sp³-hybridized carbons (Fsp3) is 0. The largest absolute Gasteiger partial charge is 0.457 e. The number of nitrogens with one attached hydrogen (secondary N) is 1. The van der Waals surface area contributed by atoms with Gasteiger partial charge in [-0.2, -0.15) is 5.26 Å². The van der Waals surface area contributed by atoms with Crippen LogP contribution in [0.3, 0.4) is 0 Å². The summed E-state index contributed by atoms with van der Waals surface area (Å²) >= 11 is 11.7. The highest BCUT2D eigenvalue weighted by Gasteiger charge is 2.16. The molecule has 1 aromatic heterocycles. The van der Waals surface area contributed by atoms with E-state index in [0.717, 1.165) is 0 Å². The van der Waals surface area contributed by atoms with Gasteiger partial charge in [-0.3, -0.25) is 14.9 Å². The number of rotatable bonds is 5. The topological polar surface area (TPSA) is 109 Å². The maximum absolute atomic E-state index is 12.3. The number of hydrogen-bond donors (Lipinski definition) is 1. The van der Waals surface area contributed by atoms with Gasteiger partial charge in [-0.25, -0.2) is 0 Å². The highest BCUT2D eigenvalue weighted by atomic mass is 35.5. The summed E-state index contributed by atoms with van der Waals surface area (Å²) in [6.07, 6.45) is 1.27. The monoisotopic (exact) mass is 427 g/mol. The zero-order valence-electron chi connectivity index (χ0n) is 14.6. The quantitative estimate of drug-likeness (QED) is 0.242. The van der Waals surface area contributed by atoms with Crippen LogP contribution >= 0.6 is 23.2 Å². The Hall–Kier alpha value is -3.60. The Bertz CT molecular complexity index is 1180. The van der Waals surface area contributed by atoms with Crippen LogP contribution in [-0.2, 0) is 4.79 Å². The Balaban J connectivity index is 1.84. The van der Waals surface area contributed by atoms with Crippen LogP contribution < -0.4 is 5.32 Å². The number of nitro benzene ring substituents is 1. The molecule has 144 valence electrons. The van der Waals surface area contributed by atoms with E-state index in [1.807, 2.05) is 6.07 Å². The van der Waals surface area contributed by atoms with Crippen molar-refractivity contribution in [2.24, 2.45) is 0 Å². The molecule has 7 nitrogen and oxygen atoms in total. The number of nitrogens with zero attached hydrogens (tertiary/aromatic N) is 2. The maximum atomic E-state index is 12.3. The lowest BCUT2D eigenvalue weighted by atomic mass is 10.1. The molecule has 3 aromatic rings. The number of carbonyl (C=O) groups excluding carboxylic acids is 1. The molecule has 1 N–H and O–H groups in total. The summed E-state index contributed by atoms with van der Waals surface area (Å²) in [5, 5.41) is 23.4. The van der Waals surface area contributed by atoms with E-state index < -0.39 is 10.8 Å². The Morgan fingerprint density at radius 1 is 1.17 bits per heavy atom. The van der Waals surface area contributed by atoms with Gasteiger partial charge in [-0.05, 0) is 42.5 Å². The molecule has 0 saturated carbocycles. The van der Waals surface area contributed by atoms with Crippen molar-refractivity contribution >= 4 is 46.6 Å². The fourth-order valence-corrected chi connectivity index (χ4v) is 2.82. The van der Waals surface area contributed by atoms with Crippen LogP contribution in [-0.4, -0.2) is 10.8 Å². The molecule has 2 aromatic carbocycles. The summed E-state index contributed by atoms with van der Waals surface area (Å²) < 4.78 is 5.60. The molecule has 0 fully saturated rings. The van der Waals surface area contributed by atoms with Gasteiger partial charge in [0, 0.05) is 28.4 Å². The fourth-order valence-electron chi connectivity index (χ4n) is 2.45. The minimum atomic E-state index is -0.630. The summed E-state index contributed by atoms with van der Waals surface area (Å²) in [5.74, 6) is -0.0752. The van der Waals surface area contributed by atoms with Crippen molar-refractivity contribution in [2.45, 2.75) is 0 Å². The molecular weight excluding hydrogens is 417 g/mol. The molecule has 0 aliphatic heterocycles. The highest BCUT2D eigenvalue weighted by Crippen LogP contribution is 2.31. The molecule has 0 aliphatic rings. The smallest absolute Gasteiger partial charge is 0.288 e. The van der Waals surface area contributed by atoms with Crippen LogP contribution in [0.15, 0.2) is 64.6 Å². The van der Waals surface area contributed by atoms with Crippen molar-refractivity contribution in [3.63, 3.8) is 0 Å². The van der Waals surface area contributed by atoms with E-state index in [2.05, 4.69) is 5.32 Å². The molecular formula is C20H11Cl2N3O4. The Kier molecular flexibility index (Phi) is 5.98. The van der Waals surface area contributed by atoms with Gasteiger partial charge in [-0.15, -0.1) is 0 Å². The minimum absolute atomic E-state index is 0.00915. The molecule has 0 aliphatic carbocycles. The van der Waals surface area contributed by atoms with Crippen LogP contribution in [0.5, 0.6) is 0 Å². The molecule has 0 radical (unpaired) electrons. The van der Waals surface area contributed by atoms with Gasteiger partial charge in [0.05, 0.1) is 4.92 Å². The van der Waals surface area contributed by atoms with Gasteiger partial charge in [-0.1, -0.05) is 29.3 Å². The Morgan fingerprint density at radius 3 is 2.66 bits per heavy atom. The summed E-state index contributed by atoms with van der Waals surface area (Å²) in [6, 6.07) is 15.7. The third kappa shape index (κ3) is 4.82. The van der Waals surface area contributed by atoms with Gasteiger partial charge in [0.15, 0.2) is 0 Å². The van der Waals surface area contributed by atoms with Crippen molar-refractivity contribution in [1.29, 1.82) is 5.26 Å². The van der Waals surface area contributed by atoms with Gasteiger partial charge >= 0.3 is 0 Å². The average Bonchev–Trinajstić information content (AvgIpc) is 3.14. The SMILES string of the molecule is N#C/C(=C/c1ccc(-c2ccc(Cl)c([N+](=O)[O-])c2)o1)C(=O)Nc1cccc(Cl)c1.